The van der Waals surface area contributed by atoms with Crippen molar-refractivity contribution in [2.45, 2.75) is 31.2 Å². The number of fused-ring (bicyclic) bond motifs is 1. The molecule has 2 aromatic carbocycles. The SMILES string of the molecule is COC(=O)c1ccccc1OS(=O)(=O)c1ccc2c(c1)C[C@H](C)N2C(C)=O. The molecule has 3 rings (SSSR count). The summed E-state index contributed by atoms with van der Waals surface area (Å²) in [4.78, 5) is 25.2. The molecule has 7 nitrogen and oxygen atoms in total. The van der Waals surface area contributed by atoms with E-state index in [2.05, 4.69) is 4.74 Å². The van der Waals surface area contributed by atoms with E-state index in [1.54, 1.807) is 23.1 Å². The highest BCUT2D eigenvalue weighted by Gasteiger charge is 2.31. The predicted octanol–water partition coefficient (Wildman–Crippen LogP) is 2.54. The molecule has 0 aromatic heterocycles. The van der Waals surface area contributed by atoms with Crippen LogP contribution in [-0.2, 0) is 26.1 Å². The summed E-state index contributed by atoms with van der Waals surface area (Å²) in [5.74, 6) is -0.899. The average molecular weight is 389 g/mol. The monoisotopic (exact) mass is 389 g/mol. The van der Waals surface area contributed by atoms with Crippen LogP contribution in [0.4, 0.5) is 5.69 Å². The first kappa shape index (κ1) is 18.9. The van der Waals surface area contributed by atoms with Gasteiger partial charge in [-0.1, -0.05) is 12.1 Å². The second kappa shape index (κ2) is 7.03. The van der Waals surface area contributed by atoms with Gasteiger partial charge in [0.2, 0.25) is 5.91 Å². The van der Waals surface area contributed by atoms with Gasteiger partial charge in [0.15, 0.2) is 5.75 Å². The smallest absolute Gasteiger partial charge is 0.341 e. The van der Waals surface area contributed by atoms with Crippen LogP contribution in [0.1, 0.15) is 29.8 Å². The summed E-state index contributed by atoms with van der Waals surface area (Å²) in [6.07, 6.45) is 0.553. The lowest BCUT2D eigenvalue weighted by atomic mass is 10.1. The van der Waals surface area contributed by atoms with Gasteiger partial charge in [-0.2, -0.15) is 8.42 Å². The molecule has 0 saturated heterocycles. The fourth-order valence-corrected chi connectivity index (χ4v) is 4.23. The summed E-state index contributed by atoms with van der Waals surface area (Å²) in [5, 5.41) is 0. The first-order valence-corrected chi connectivity index (χ1v) is 9.70. The molecule has 0 radical (unpaired) electrons. The third-order valence-corrected chi connectivity index (χ3v) is 5.62. The van der Waals surface area contributed by atoms with Crippen LogP contribution in [-0.4, -0.2) is 33.4 Å². The fraction of sp³-hybridized carbons (Fsp3) is 0.263. The highest BCUT2D eigenvalue weighted by Crippen LogP contribution is 2.34. The number of nitrogens with zero attached hydrogens (tertiary/aromatic N) is 1. The molecule has 8 heteroatoms. The maximum absolute atomic E-state index is 12.7. The van der Waals surface area contributed by atoms with Crippen molar-refractivity contribution in [3.63, 3.8) is 0 Å². The molecular weight excluding hydrogens is 370 g/mol. The molecule has 1 aliphatic heterocycles. The number of benzene rings is 2. The number of anilines is 1. The molecule has 0 unspecified atom stereocenters. The Morgan fingerprint density at radius 2 is 1.85 bits per heavy atom. The predicted molar refractivity (Wildman–Crippen MR) is 98.4 cm³/mol. The molecule has 0 aliphatic carbocycles. The van der Waals surface area contributed by atoms with Crippen molar-refractivity contribution < 1.29 is 26.9 Å². The quantitative estimate of drug-likeness (QED) is 0.590. The van der Waals surface area contributed by atoms with Crippen molar-refractivity contribution >= 4 is 27.7 Å². The normalized spacial score (nSPS) is 16.0. The number of amides is 1. The van der Waals surface area contributed by atoms with Crippen LogP contribution < -0.4 is 9.08 Å². The minimum Gasteiger partial charge on any atom is -0.465 e. The number of para-hydroxylation sites is 1. The van der Waals surface area contributed by atoms with E-state index in [0.717, 1.165) is 5.56 Å². The molecule has 142 valence electrons. The Bertz CT molecular complexity index is 1010. The second-order valence-electron chi connectivity index (χ2n) is 6.26. The van der Waals surface area contributed by atoms with Gasteiger partial charge in [-0.15, -0.1) is 0 Å². The average Bonchev–Trinajstić information content (AvgIpc) is 2.96. The van der Waals surface area contributed by atoms with Crippen LogP contribution in [0.3, 0.4) is 0 Å². The Kier molecular flexibility index (Phi) is 4.93. The minimum absolute atomic E-state index is 0.0149. The molecule has 1 amide bonds. The highest BCUT2D eigenvalue weighted by molar-refractivity contribution is 7.87. The minimum atomic E-state index is -4.17. The number of ether oxygens (including phenoxy) is 1. The molecule has 0 saturated carbocycles. The first-order valence-electron chi connectivity index (χ1n) is 8.29. The number of carbonyl (C=O) groups is 2. The molecule has 0 fully saturated rings. The Labute approximate surface area is 157 Å². The topological polar surface area (TPSA) is 90.0 Å². The highest BCUT2D eigenvalue weighted by atomic mass is 32.2. The lowest BCUT2D eigenvalue weighted by Gasteiger charge is -2.20. The number of methoxy groups -OCH3 is 1. The summed E-state index contributed by atoms with van der Waals surface area (Å²) in [5.41, 5.74) is 1.47. The third kappa shape index (κ3) is 3.52. The van der Waals surface area contributed by atoms with Gasteiger partial charge in [-0.05, 0) is 49.2 Å². The summed E-state index contributed by atoms with van der Waals surface area (Å²) in [7, 11) is -2.96. The first-order chi connectivity index (χ1) is 12.7. The Hall–Kier alpha value is -2.87. The largest absolute Gasteiger partial charge is 0.465 e. The molecule has 1 aliphatic rings. The van der Waals surface area contributed by atoms with Gasteiger partial charge >= 0.3 is 16.1 Å². The van der Waals surface area contributed by atoms with E-state index in [1.807, 2.05) is 6.92 Å². The van der Waals surface area contributed by atoms with Crippen molar-refractivity contribution in [3.05, 3.63) is 53.6 Å². The molecule has 1 heterocycles. The lowest BCUT2D eigenvalue weighted by Crippen LogP contribution is -2.33. The summed E-state index contributed by atoms with van der Waals surface area (Å²) in [6.45, 7) is 3.38. The molecular formula is C19H19NO6S. The van der Waals surface area contributed by atoms with E-state index < -0.39 is 16.1 Å². The molecule has 2 aromatic rings. The molecule has 0 spiro atoms. The maximum Gasteiger partial charge on any atom is 0.341 e. The van der Waals surface area contributed by atoms with Gasteiger partial charge in [0.1, 0.15) is 10.5 Å². The summed E-state index contributed by atoms with van der Waals surface area (Å²) >= 11 is 0. The van der Waals surface area contributed by atoms with Crippen molar-refractivity contribution in [2.24, 2.45) is 0 Å². The van der Waals surface area contributed by atoms with Crippen LogP contribution in [0, 0.1) is 0 Å². The van der Waals surface area contributed by atoms with E-state index in [9.17, 15) is 18.0 Å². The number of hydrogen-bond acceptors (Lipinski definition) is 6. The van der Waals surface area contributed by atoms with Gasteiger partial charge in [0.05, 0.1) is 7.11 Å². The van der Waals surface area contributed by atoms with Crippen LogP contribution in [0.2, 0.25) is 0 Å². The molecule has 27 heavy (non-hydrogen) atoms. The summed E-state index contributed by atoms with van der Waals surface area (Å²) in [6, 6.07) is 10.4. The van der Waals surface area contributed by atoms with Gasteiger partial charge in [-0.3, -0.25) is 4.79 Å². The van der Waals surface area contributed by atoms with Gasteiger partial charge in [0.25, 0.3) is 0 Å². The number of esters is 1. The van der Waals surface area contributed by atoms with Crippen LogP contribution in [0.5, 0.6) is 5.75 Å². The van der Waals surface area contributed by atoms with Crippen molar-refractivity contribution in [1.29, 1.82) is 0 Å². The van der Waals surface area contributed by atoms with Crippen LogP contribution >= 0.6 is 0 Å². The van der Waals surface area contributed by atoms with Crippen molar-refractivity contribution in [3.8, 4) is 5.75 Å². The zero-order valence-corrected chi connectivity index (χ0v) is 15.9. The summed E-state index contributed by atoms with van der Waals surface area (Å²) < 4.78 is 35.3. The van der Waals surface area contributed by atoms with E-state index in [1.165, 1.54) is 38.3 Å². The van der Waals surface area contributed by atoms with E-state index >= 15 is 0 Å². The van der Waals surface area contributed by atoms with Crippen LogP contribution in [0.25, 0.3) is 0 Å². The Morgan fingerprint density at radius 1 is 1.15 bits per heavy atom. The van der Waals surface area contributed by atoms with Gasteiger partial charge in [-0.25, -0.2) is 4.79 Å². The van der Waals surface area contributed by atoms with E-state index in [4.69, 9.17) is 4.18 Å². The van der Waals surface area contributed by atoms with Gasteiger partial charge in [0, 0.05) is 18.7 Å². The molecule has 0 N–H and O–H groups in total. The molecule has 1 atom stereocenters. The van der Waals surface area contributed by atoms with Crippen molar-refractivity contribution in [2.75, 3.05) is 12.0 Å². The van der Waals surface area contributed by atoms with Crippen LogP contribution in [0.15, 0.2) is 47.4 Å². The lowest BCUT2D eigenvalue weighted by molar-refractivity contribution is -0.116. The number of rotatable bonds is 4. The van der Waals surface area contributed by atoms with E-state index in [-0.39, 0.29) is 28.2 Å². The molecule has 0 bridgehead atoms. The Balaban J connectivity index is 1.95. The van der Waals surface area contributed by atoms with Gasteiger partial charge < -0.3 is 13.8 Å². The zero-order valence-electron chi connectivity index (χ0n) is 15.1. The van der Waals surface area contributed by atoms with E-state index in [0.29, 0.717) is 12.1 Å². The maximum atomic E-state index is 12.7. The standard InChI is InChI=1S/C19H19NO6S/c1-12-10-14-11-15(8-9-17(14)20(12)13(2)21)27(23,24)26-18-7-5-4-6-16(18)19(22)25-3/h4-9,11-12H,10H2,1-3H3/t12-/m0/s1. The second-order valence-corrected chi connectivity index (χ2v) is 7.80. The zero-order chi connectivity index (χ0) is 19.8. The van der Waals surface area contributed by atoms with Crippen molar-refractivity contribution in [1.82, 2.24) is 0 Å². The third-order valence-electron chi connectivity index (χ3n) is 4.39. The number of hydrogen-bond donors (Lipinski definition) is 0. The number of carbonyl (C=O) groups excluding carboxylic acids is 2. The Morgan fingerprint density at radius 3 is 2.52 bits per heavy atom. The fourth-order valence-electron chi connectivity index (χ4n) is 3.23.